The molecule has 0 radical (unpaired) electrons. The molecule has 0 saturated heterocycles. The largest absolute Gasteiger partial charge is 0.491 e. The molecule has 0 fully saturated rings. The van der Waals surface area contributed by atoms with Crippen LogP contribution in [0.2, 0.25) is 0 Å². The van der Waals surface area contributed by atoms with Crippen LogP contribution in [0.1, 0.15) is 13.8 Å². The van der Waals surface area contributed by atoms with Gasteiger partial charge < -0.3 is 20.1 Å². The summed E-state index contributed by atoms with van der Waals surface area (Å²) >= 11 is 0. The molecule has 2 aromatic carbocycles. The number of hydrogen-bond donors (Lipinski definition) is 2. The fraction of sp³-hybridized carbons (Fsp3) is 0.286. The second-order valence-electron chi connectivity index (χ2n) is 6.23. The predicted molar refractivity (Wildman–Crippen MR) is 106 cm³/mol. The summed E-state index contributed by atoms with van der Waals surface area (Å²) in [7, 11) is 0. The number of anilines is 2. The quantitative estimate of drug-likeness (QED) is 0.623. The zero-order valence-electron chi connectivity index (χ0n) is 15.3. The third kappa shape index (κ3) is 6.51. The van der Waals surface area contributed by atoms with Crippen molar-refractivity contribution in [2.24, 2.45) is 5.92 Å². The van der Waals surface area contributed by atoms with Gasteiger partial charge in [-0.1, -0.05) is 44.7 Å². The average Bonchev–Trinajstić information content (AvgIpc) is 2.64. The van der Waals surface area contributed by atoms with Gasteiger partial charge >= 0.3 is 0 Å². The lowest BCUT2D eigenvalue weighted by Gasteiger charge is -2.14. The normalized spacial score (nSPS) is 10.3. The summed E-state index contributed by atoms with van der Waals surface area (Å²) in [6, 6.07) is 14.9. The second kappa shape index (κ2) is 10.1. The molecule has 138 valence electrons. The highest BCUT2D eigenvalue weighted by Gasteiger charge is 2.08. The smallest absolute Gasteiger partial charge is 0.243 e. The Balaban J connectivity index is 1.90. The van der Waals surface area contributed by atoms with Gasteiger partial charge in [0.1, 0.15) is 18.1 Å². The number of carbonyl (C=O) groups excluding carboxylic acids is 1. The highest BCUT2D eigenvalue weighted by Crippen LogP contribution is 2.24. The molecule has 1 amide bonds. The molecule has 0 saturated carbocycles. The molecule has 0 unspecified atom stereocenters. The molecule has 0 bridgehead atoms. The van der Waals surface area contributed by atoms with Crippen molar-refractivity contribution in [1.82, 2.24) is 0 Å². The average molecular weight is 354 g/mol. The summed E-state index contributed by atoms with van der Waals surface area (Å²) in [4.78, 5) is 12.3. The molecule has 2 aromatic rings. The zero-order chi connectivity index (χ0) is 18.8. The topological polar surface area (TPSA) is 59.6 Å². The molecule has 0 spiro atoms. The molecule has 5 nitrogen and oxygen atoms in total. The lowest BCUT2D eigenvalue weighted by atomic mass is 10.2. The van der Waals surface area contributed by atoms with E-state index in [1.807, 2.05) is 48.5 Å². The number of para-hydroxylation sites is 2. The van der Waals surface area contributed by atoms with Gasteiger partial charge in [0.15, 0.2) is 0 Å². The van der Waals surface area contributed by atoms with Crippen LogP contribution in [0.25, 0.3) is 0 Å². The molecule has 0 aliphatic carbocycles. The predicted octanol–water partition coefficient (Wildman–Crippen LogP) is 4.34. The maximum Gasteiger partial charge on any atom is 0.243 e. The molecule has 2 rings (SSSR count). The van der Waals surface area contributed by atoms with E-state index in [9.17, 15) is 4.79 Å². The fourth-order valence-corrected chi connectivity index (χ4v) is 2.18. The van der Waals surface area contributed by atoms with Crippen molar-refractivity contribution in [1.29, 1.82) is 0 Å². The van der Waals surface area contributed by atoms with E-state index >= 15 is 0 Å². The summed E-state index contributed by atoms with van der Waals surface area (Å²) < 4.78 is 11.2. The Morgan fingerprint density at radius 2 is 1.96 bits per heavy atom. The molecule has 0 aliphatic rings. The van der Waals surface area contributed by atoms with Gasteiger partial charge in [-0.25, -0.2) is 0 Å². The van der Waals surface area contributed by atoms with Crippen LogP contribution in [0.15, 0.2) is 61.2 Å². The first-order valence-electron chi connectivity index (χ1n) is 8.67. The summed E-state index contributed by atoms with van der Waals surface area (Å²) in [6.07, 6.45) is 1.69. The first kappa shape index (κ1) is 19.4. The van der Waals surface area contributed by atoms with E-state index < -0.39 is 0 Å². The molecule has 0 aromatic heterocycles. The number of benzene rings is 2. The molecular formula is C21H26N2O3. The number of amides is 1. The summed E-state index contributed by atoms with van der Waals surface area (Å²) in [6.45, 7) is 8.97. The molecule has 0 heterocycles. The zero-order valence-corrected chi connectivity index (χ0v) is 15.3. The number of carbonyl (C=O) groups is 1. The number of rotatable bonds is 10. The molecule has 26 heavy (non-hydrogen) atoms. The van der Waals surface area contributed by atoms with Crippen molar-refractivity contribution >= 4 is 17.3 Å². The van der Waals surface area contributed by atoms with Crippen molar-refractivity contribution in [3.8, 4) is 11.5 Å². The number of hydrogen-bond acceptors (Lipinski definition) is 4. The van der Waals surface area contributed by atoms with Gasteiger partial charge in [0.2, 0.25) is 5.91 Å². The maximum atomic E-state index is 12.3. The van der Waals surface area contributed by atoms with Crippen LogP contribution in [0.3, 0.4) is 0 Å². The SMILES string of the molecule is C=CCOc1cccc(NCC(=O)Nc2ccccc2OCC(C)C)c1. The summed E-state index contributed by atoms with van der Waals surface area (Å²) in [5.74, 6) is 1.66. The van der Waals surface area contributed by atoms with E-state index in [0.717, 1.165) is 11.4 Å². The van der Waals surface area contributed by atoms with Gasteiger partial charge in [-0.3, -0.25) is 4.79 Å². The molecular weight excluding hydrogens is 328 g/mol. The first-order chi connectivity index (χ1) is 12.6. The van der Waals surface area contributed by atoms with Gasteiger partial charge in [-0.2, -0.15) is 0 Å². The monoisotopic (exact) mass is 354 g/mol. The Hall–Kier alpha value is -2.95. The van der Waals surface area contributed by atoms with Crippen LogP contribution in [0.4, 0.5) is 11.4 Å². The number of nitrogens with one attached hydrogen (secondary N) is 2. The highest BCUT2D eigenvalue weighted by molar-refractivity contribution is 5.95. The van der Waals surface area contributed by atoms with Crippen molar-refractivity contribution in [3.63, 3.8) is 0 Å². The van der Waals surface area contributed by atoms with Gasteiger partial charge in [0.25, 0.3) is 0 Å². The Bertz CT molecular complexity index is 729. The highest BCUT2D eigenvalue weighted by atomic mass is 16.5. The van der Waals surface area contributed by atoms with Crippen LogP contribution < -0.4 is 20.1 Å². The van der Waals surface area contributed by atoms with E-state index in [4.69, 9.17) is 9.47 Å². The molecule has 5 heteroatoms. The van der Waals surface area contributed by atoms with Crippen LogP contribution in [-0.4, -0.2) is 25.7 Å². The van der Waals surface area contributed by atoms with Gasteiger partial charge in [-0.05, 0) is 30.2 Å². The van der Waals surface area contributed by atoms with Gasteiger partial charge in [-0.15, -0.1) is 0 Å². The third-order valence-electron chi connectivity index (χ3n) is 3.39. The Labute approximate surface area is 155 Å². The van der Waals surface area contributed by atoms with Crippen LogP contribution in [0.5, 0.6) is 11.5 Å². The second-order valence-corrected chi connectivity index (χ2v) is 6.23. The number of ether oxygens (including phenoxy) is 2. The van der Waals surface area contributed by atoms with E-state index in [0.29, 0.717) is 30.6 Å². The fourth-order valence-electron chi connectivity index (χ4n) is 2.18. The first-order valence-corrected chi connectivity index (χ1v) is 8.67. The lowest BCUT2D eigenvalue weighted by molar-refractivity contribution is -0.114. The molecule has 0 atom stereocenters. The van der Waals surface area contributed by atoms with Crippen LogP contribution >= 0.6 is 0 Å². The van der Waals surface area contributed by atoms with Crippen LogP contribution in [0, 0.1) is 5.92 Å². The van der Waals surface area contributed by atoms with E-state index in [1.165, 1.54) is 0 Å². The minimum atomic E-state index is -0.150. The van der Waals surface area contributed by atoms with Gasteiger partial charge in [0.05, 0.1) is 18.8 Å². The third-order valence-corrected chi connectivity index (χ3v) is 3.39. The lowest BCUT2D eigenvalue weighted by Crippen LogP contribution is -2.22. The van der Waals surface area contributed by atoms with Crippen molar-refractivity contribution < 1.29 is 14.3 Å². The minimum absolute atomic E-state index is 0.142. The standard InChI is InChI=1S/C21H26N2O3/c1-4-12-25-18-9-7-8-17(13-18)22-14-21(24)23-19-10-5-6-11-20(19)26-15-16(2)3/h4-11,13,16,22H,1,12,14-15H2,2-3H3,(H,23,24). The van der Waals surface area contributed by atoms with Gasteiger partial charge in [0, 0.05) is 11.8 Å². The van der Waals surface area contributed by atoms with E-state index in [-0.39, 0.29) is 12.5 Å². The van der Waals surface area contributed by atoms with Crippen molar-refractivity contribution in [3.05, 3.63) is 61.2 Å². The summed E-state index contributed by atoms with van der Waals surface area (Å²) in [5.41, 5.74) is 1.48. The van der Waals surface area contributed by atoms with E-state index in [2.05, 4.69) is 31.1 Å². The van der Waals surface area contributed by atoms with Crippen LogP contribution in [-0.2, 0) is 4.79 Å². The Kier molecular flexibility index (Phi) is 7.55. The van der Waals surface area contributed by atoms with E-state index in [1.54, 1.807) is 6.08 Å². The Morgan fingerprint density at radius 1 is 1.15 bits per heavy atom. The maximum absolute atomic E-state index is 12.3. The van der Waals surface area contributed by atoms with Crippen molar-refractivity contribution in [2.75, 3.05) is 30.4 Å². The molecule has 2 N–H and O–H groups in total. The molecule has 0 aliphatic heterocycles. The Morgan fingerprint density at radius 3 is 2.73 bits per heavy atom. The minimum Gasteiger partial charge on any atom is -0.491 e. The summed E-state index contributed by atoms with van der Waals surface area (Å²) in [5, 5.41) is 5.97. The van der Waals surface area contributed by atoms with Crippen molar-refractivity contribution in [2.45, 2.75) is 13.8 Å².